The van der Waals surface area contributed by atoms with Crippen molar-refractivity contribution in [1.82, 2.24) is 0 Å². The summed E-state index contributed by atoms with van der Waals surface area (Å²) in [7, 11) is 0. The van der Waals surface area contributed by atoms with E-state index in [1.165, 1.54) is 11.1 Å². The summed E-state index contributed by atoms with van der Waals surface area (Å²) in [5, 5.41) is 0.891. The van der Waals surface area contributed by atoms with Crippen LogP contribution in [-0.4, -0.2) is 6.61 Å². The van der Waals surface area contributed by atoms with E-state index in [0.717, 1.165) is 23.8 Å². The summed E-state index contributed by atoms with van der Waals surface area (Å²) < 4.78 is 11.5. The lowest BCUT2D eigenvalue weighted by atomic mass is 10.0. The van der Waals surface area contributed by atoms with Crippen LogP contribution in [0.4, 0.5) is 0 Å². The van der Waals surface area contributed by atoms with E-state index in [9.17, 15) is 4.79 Å². The highest BCUT2D eigenvalue weighted by Crippen LogP contribution is 2.29. The fraction of sp³-hybridized carbons (Fsp3) is 0.240. The average Bonchev–Trinajstić information content (AvgIpc) is 2.67. The molecule has 1 aromatic heterocycles. The van der Waals surface area contributed by atoms with Crippen LogP contribution in [-0.2, 0) is 0 Å². The van der Waals surface area contributed by atoms with Crippen molar-refractivity contribution < 1.29 is 9.15 Å². The number of hydrogen-bond donors (Lipinski definition) is 0. The number of benzene rings is 2. The van der Waals surface area contributed by atoms with Crippen LogP contribution < -0.4 is 10.4 Å². The van der Waals surface area contributed by atoms with Gasteiger partial charge in [-0.2, -0.15) is 0 Å². The van der Waals surface area contributed by atoms with E-state index in [0.29, 0.717) is 23.5 Å². The van der Waals surface area contributed by atoms with Crippen molar-refractivity contribution in [3.8, 4) is 16.9 Å². The maximum Gasteiger partial charge on any atom is 0.344 e. The summed E-state index contributed by atoms with van der Waals surface area (Å²) in [4.78, 5) is 12.5. The predicted octanol–water partition coefficient (Wildman–Crippen LogP) is 6.53. The molecule has 0 bridgehead atoms. The fourth-order valence-electron chi connectivity index (χ4n) is 3.03. The Bertz CT molecular complexity index is 1070. The van der Waals surface area contributed by atoms with Gasteiger partial charge in [0.15, 0.2) is 0 Å². The molecule has 0 aliphatic rings. The minimum Gasteiger partial charge on any atom is -0.489 e. The minimum absolute atomic E-state index is 0.358. The van der Waals surface area contributed by atoms with Gasteiger partial charge in [-0.1, -0.05) is 53.6 Å². The second-order valence-electron chi connectivity index (χ2n) is 7.16. The molecule has 3 heteroatoms. The zero-order valence-corrected chi connectivity index (χ0v) is 16.7. The van der Waals surface area contributed by atoms with Gasteiger partial charge in [0.25, 0.3) is 0 Å². The first-order valence-electron chi connectivity index (χ1n) is 9.58. The van der Waals surface area contributed by atoms with Crippen molar-refractivity contribution >= 4 is 11.0 Å². The van der Waals surface area contributed by atoms with E-state index in [1.54, 1.807) is 6.07 Å². The topological polar surface area (TPSA) is 39.4 Å². The van der Waals surface area contributed by atoms with E-state index in [2.05, 4.69) is 32.9 Å². The summed E-state index contributed by atoms with van der Waals surface area (Å²) in [5.74, 6) is 0.679. The van der Waals surface area contributed by atoms with Crippen molar-refractivity contribution in [1.29, 1.82) is 0 Å². The maximum atomic E-state index is 12.5. The van der Waals surface area contributed by atoms with Gasteiger partial charge in [-0.25, -0.2) is 4.79 Å². The van der Waals surface area contributed by atoms with E-state index in [1.807, 2.05) is 48.5 Å². The molecule has 144 valence electrons. The molecular formula is C25H26O3. The third-order valence-corrected chi connectivity index (χ3v) is 4.58. The lowest BCUT2D eigenvalue weighted by Crippen LogP contribution is -2.05. The van der Waals surface area contributed by atoms with Crippen LogP contribution in [0.25, 0.3) is 22.1 Å². The number of allylic oxidation sites excluding steroid dienone is 3. The lowest BCUT2D eigenvalue weighted by molar-refractivity contribution is 0.363. The smallest absolute Gasteiger partial charge is 0.344 e. The number of hydrogen-bond acceptors (Lipinski definition) is 3. The number of ether oxygens (including phenoxy) is 1. The first-order valence-corrected chi connectivity index (χ1v) is 9.58. The molecule has 0 amide bonds. The van der Waals surface area contributed by atoms with Crippen LogP contribution in [0.5, 0.6) is 5.75 Å². The van der Waals surface area contributed by atoms with Crippen LogP contribution in [0.15, 0.2) is 87.1 Å². The lowest BCUT2D eigenvalue weighted by Gasteiger charge is -2.10. The Morgan fingerprint density at radius 3 is 2.54 bits per heavy atom. The van der Waals surface area contributed by atoms with Crippen molar-refractivity contribution in [2.75, 3.05) is 6.61 Å². The van der Waals surface area contributed by atoms with Crippen LogP contribution in [0.2, 0.25) is 0 Å². The molecule has 0 radical (unpaired) electrons. The second-order valence-corrected chi connectivity index (χ2v) is 7.16. The van der Waals surface area contributed by atoms with Gasteiger partial charge in [0.1, 0.15) is 17.9 Å². The van der Waals surface area contributed by atoms with Crippen LogP contribution in [0, 0.1) is 0 Å². The van der Waals surface area contributed by atoms with Crippen molar-refractivity contribution in [2.45, 2.75) is 33.6 Å². The fourth-order valence-corrected chi connectivity index (χ4v) is 3.03. The predicted molar refractivity (Wildman–Crippen MR) is 116 cm³/mol. The number of fused-ring (bicyclic) bond motifs is 1. The SMILES string of the molecule is CC(C)=CCCC(C)=CCOc1ccccc1-c1cc2ccccc2oc1=O. The van der Waals surface area contributed by atoms with Crippen LogP contribution in [0.3, 0.4) is 0 Å². The van der Waals surface area contributed by atoms with Crippen LogP contribution >= 0.6 is 0 Å². The Morgan fingerprint density at radius 1 is 0.964 bits per heavy atom. The largest absolute Gasteiger partial charge is 0.489 e. The molecule has 2 aromatic carbocycles. The van der Waals surface area contributed by atoms with Gasteiger partial charge in [0.05, 0.1) is 5.56 Å². The summed E-state index contributed by atoms with van der Waals surface area (Å²) in [5.41, 5.74) is 4.12. The quantitative estimate of drug-likeness (QED) is 0.348. The second kappa shape index (κ2) is 9.23. The molecule has 0 saturated carbocycles. The Morgan fingerprint density at radius 2 is 1.71 bits per heavy atom. The molecule has 3 nitrogen and oxygen atoms in total. The third kappa shape index (κ3) is 5.01. The molecule has 3 aromatic rings. The van der Waals surface area contributed by atoms with Gasteiger partial charge in [-0.3, -0.25) is 0 Å². The molecule has 0 atom stereocenters. The summed E-state index contributed by atoms with van der Waals surface area (Å²) in [6.07, 6.45) is 6.40. The maximum absolute atomic E-state index is 12.5. The van der Waals surface area contributed by atoms with E-state index < -0.39 is 0 Å². The number of para-hydroxylation sites is 2. The molecule has 0 spiro atoms. The molecule has 0 aliphatic heterocycles. The van der Waals surface area contributed by atoms with Gasteiger partial charge in [-0.05, 0) is 57.9 Å². The highest BCUT2D eigenvalue weighted by molar-refractivity contribution is 5.82. The standard InChI is InChI=1S/C25H26O3/c1-18(2)9-8-10-19(3)15-16-27-24-14-7-5-12-21(24)22-17-20-11-4-6-13-23(20)28-25(22)26/h4-7,9,11-15,17H,8,10,16H2,1-3H3. The monoisotopic (exact) mass is 374 g/mol. The zero-order chi connectivity index (χ0) is 19.9. The highest BCUT2D eigenvalue weighted by atomic mass is 16.5. The summed E-state index contributed by atoms with van der Waals surface area (Å²) in [6.45, 7) is 6.81. The average molecular weight is 374 g/mol. The Hall–Kier alpha value is -3.07. The van der Waals surface area contributed by atoms with Crippen molar-refractivity contribution in [3.05, 3.63) is 88.3 Å². The first kappa shape index (κ1) is 19.7. The summed E-state index contributed by atoms with van der Waals surface area (Å²) in [6, 6.07) is 17.0. The molecule has 0 aliphatic carbocycles. The van der Waals surface area contributed by atoms with Gasteiger partial charge in [-0.15, -0.1) is 0 Å². The van der Waals surface area contributed by atoms with Crippen molar-refractivity contribution in [3.63, 3.8) is 0 Å². The molecule has 3 rings (SSSR count). The molecular weight excluding hydrogens is 348 g/mol. The van der Waals surface area contributed by atoms with Gasteiger partial charge < -0.3 is 9.15 Å². The molecule has 0 fully saturated rings. The zero-order valence-electron chi connectivity index (χ0n) is 16.7. The Kier molecular flexibility index (Phi) is 6.49. The molecule has 0 N–H and O–H groups in total. The minimum atomic E-state index is -0.358. The van der Waals surface area contributed by atoms with Crippen LogP contribution in [0.1, 0.15) is 33.6 Å². The summed E-state index contributed by atoms with van der Waals surface area (Å²) >= 11 is 0. The van der Waals surface area contributed by atoms with E-state index in [4.69, 9.17) is 9.15 Å². The molecule has 1 heterocycles. The molecule has 0 saturated heterocycles. The third-order valence-electron chi connectivity index (χ3n) is 4.58. The van der Waals surface area contributed by atoms with Gasteiger partial charge >= 0.3 is 5.63 Å². The number of rotatable bonds is 7. The normalized spacial score (nSPS) is 11.5. The van der Waals surface area contributed by atoms with E-state index in [-0.39, 0.29) is 5.63 Å². The highest BCUT2D eigenvalue weighted by Gasteiger charge is 2.12. The Balaban J connectivity index is 1.80. The Labute approximate surface area is 166 Å². The van der Waals surface area contributed by atoms with E-state index >= 15 is 0 Å². The molecule has 28 heavy (non-hydrogen) atoms. The van der Waals surface area contributed by atoms with Crippen molar-refractivity contribution in [2.24, 2.45) is 0 Å². The van der Waals surface area contributed by atoms with Gasteiger partial charge in [0, 0.05) is 10.9 Å². The first-order chi connectivity index (χ1) is 13.5. The van der Waals surface area contributed by atoms with Gasteiger partial charge in [0.2, 0.25) is 0 Å². The molecule has 0 unspecified atom stereocenters.